The average molecular weight is 291 g/mol. The lowest BCUT2D eigenvalue weighted by molar-refractivity contribution is -0.137. The standard InChI is InChI=1S/C11H12F3N3OS/c1-17(2)10(18)16-6-3-4-7(9(15)19)8(5-6)11(12,13)14/h3-5H,1-2H3,(H2,15,19)(H,16,18). The SMILES string of the molecule is CN(C)C(=O)Nc1ccc(C(N)=S)c(C(F)(F)F)c1. The first-order chi connectivity index (χ1) is 8.62. The van der Waals surface area contributed by atoms with E-state index in [0.717, 1.165) is 12.1 Å². The minimum absolute atomic E-state index is 0.0195. The van der Waals surface area contributed by atoms with Gasteiger partial charge in [-0.05, 0) is 18.2 Å². The second-order valence-corrected chi connectivity index (χ2v) is 4.39. The normalized spacial score (nSPS) is 11.0. The van der Waals surface area contributed by atoms with Gasteiger partial charge in [0.25, 0.3) is 0 Å². The molecule has 104 valence electrons. The van der Waals surface area contributed by atoms with E-state index in [4.69, 9.17) is 5.73 Å². The van der Waals surface area contributed by atoms with Crippen LogP contribution in [-0.2, 0) is 6.18 Å². The first kappa shape index (κ1) is 15.2. The number of urea groups is 1. The summed E-state index contributed by atoms with van der Waals surface area (Å²) in [6.07, 6.45) is -4.60. The number of halogens is 3. The first-order valence-corrected chi connectivity index (χ1v) is 5.53. The summed E-state index contributed by atoms with van der Waals surface area (Å²) in [7, 11) is 2.95. The number of nitrogens with one attached hydrogen (secondary N) is 1. The summed E-state index contributed by atoms with van der Waals surface area (Å²) in [4.78, 5) is 12.2. The molecule has 0 aliphatic heterocycles. The maximum absolute atomic E-state index is 12.8. The van der Waals surface area contributed by atoms with Crippen LogP contribution in [0.5, 0.6) is 0 Å². The minimum Gasteiger partial charge on any atom is -0.389 e. The van der Waals surface area contributed by atoms with Gasteiger partial charge in [0.1, 0.15) is 4.99 Å². The molecule has 0 saturated heterocycles. The molecule has 0 saturated carbocycles. The van der Waals surface area contributed by atoms with Gasteiger partial charge in [0.05, 0.1) is 5.56 Å². The van der Waals surface area contributed by atoms with Crippen LogP contribution < -0.4 is 11.1 Å². The summed E-state index contributed by atoms with van der Waals surface area (Å²) in [5, 5.41) is 2.32. The van der Waals surface area contributed by atoms with Crippen LogP contribution in [0.4, 0.5) is 23.7 Å². The lowest BCUT2D eigenvalue weighted by Crippen LogP contribution is -2.27. The Morgan fingerprint density at radius 3 is 2.37 bits per heavy atom. The summed E-state index contributed by atoms with van der Waals surface area (Å²) >= 11 is 4.57. The van der Waals surface area contributed by atoms with Gasteiger partial charge in [-0.2, -0.15) is 13.2 Å². The van der Waals surface area contributed by atoms with Gasteiger partial charge in [-0.15, -0.1) is 0 Å². The Balaban J connectivity index is 3.19. The quantitative estimate of drug-likeness (QED) is 0.823. The highest BCUT2D eigenvalue weighted by molar-refractivity contribution is 7.80. The number of hydrogen-bond acceptors (Lipinski definition) is 2. The zero-order valence-electron chi connectivity index (χ0n) is 10.2. The maximum atomic E-state index is 12.8. The predicted molar refractivity (Wildman–Crippen MR) is 70.0 cm³/mol. The lowest BCUT2D eigenvalue weighted by atomic mass is 10.1. The van der Waals surface area contributed by atoms with E-state index in [2.05, 4.69) is 17.5 Å². The van der Waals surface area contributed by atoms with E-state index in [1.165, 1.54) is 25.1 Å². The molecule has 0 radical (unpaired) electrons. The smallest absolute Gasteiger partial charge is 0.389 e. The molecule has 19 heavy (non-hydrogen) atoms. The molecule has 0 atom stereocenters. The van der Waals surface area contributed by atoms with Crippen LogP contribution in [0.15, 0.2) is 18.2 Å². The van der Waals surface area contributed by atoms with E-state index in [-0.39, 0.29) is 16.2 Å². The third-order valence-electron chi connectivity index (χ3n) is 2.25. The Morgan fingerprint density at radius 2 is 1.95 bits per heavy atom. The molecule has 8 heteroatoms. The molecule has 0 bridgehead atoms. The number of rotatable bonds is 2. The molecule has 2 amide bonds. The number of carbonyl (C=O) groups is 1. The van der Waals surface area contributed by atoms with Crippen molar-refractivity contribution in [2.45, 2.75) is 6.18 Å². The maximum Gasteiger partial charge on any atom is 0.417 e. The third-order valence-corrected chi connectivity index (χ3v) is 2.47. The van der Waals surface area contributed by atoms with Crippen molar-refractivity contribution in [3.8, 4) is 0 Å². The Morgan fingerprint density at radius 1 is 1.37 bits per heavy atom. The van der Waals surface area contributed by atoms with Crippen LogP contribution in [0.25, 0.3) is 0 Å². The molecule has 0 unspecified atom stereocenters. The fourth-order valence-electron chi connectivity index (χ4n) is 1.31. The number of amides is 2. The number of thiocarbonyl (C=S) groups is 1. The van der Waals surface area contributed by atoms with Crippen molar-refractivity contribution in [2.24, 2.45) is 5.73 Å². The monoisotopic (exact) mass is 291 g/mol. The summed E-state index contributed by atoms with van der Waals surface area (Å²) < 4.78 is 38.5. The first-order valence-electron chi connectivity index (χ1n) is 5.12. The van der Waals surface area contributed by atoms with Gasteiger partial charge in [-0.3, -0.25) is 0 Å². The van der Waals surface area contributed by atoms with Crippen LogP contribution in [0.2, 0.25) is 0 Å². The summed E-state index contributed by atoms with van der Waals surface area (Å²) in [5.41, 5.74) is 4.02. The van der Waals surface area contributed by atoms with Crippen LogP contribution in [0.1, 0.15) is 11.1 Å². The molecule has 0 heterocycles. The molecule has 0 aromatic heterocycles. The van der Waals surface area contributed by atoms with Crippen molar-refractivity contribution in [2.75, 3.05) is 19.4 Å². The van der Waals surface area contributed by atoms with Crippen molar-refractivity contribution in [1.29, 1.82) is 0 Å². The second kappa shape index (κ2) is 5.43. The molecule has 0 fully saturated rings. The zero-order valence-corrected chi connectivity index (χ0v) is 11.0. The Kier molecular flexibility index (Phi) is 4.35. The van der Waals surface area contributed by atoms with E-state index < -0.39 is 17.8 Å². The van der Waals surface area contributed by atoms with Crippen LogP contribution >= 0.6 is 12.2 Å². The van der Waals surface area contributed by atoms with E-state index in [1.54, 1.807) is 0 Å². The number of nitrogens with zero attached hydrogens (tertiary/aromatic N) is 1. The number of benzene rings is 1. The van der Waals surface area contributed by atoms with Gasteiger partial charge < -0.3 is 16.0 Å². The highest BCUT2D eigenvalue weighted by Gasteiger charge is 2.34. The summed E-state index contributed by atoms with van der Waals surface area (Å²) in [5.74, 6) is 0. The Bertz CT molecular complexity index is 514. The largest absolute Gasteiger partial charge is 0.417 e. The molecule has 4 nitrogen and oxygen atoms in total. The number of alkyl halides is 3. The second-order valence-electron chi connectivity index (χ2n) is 3.95. The number of nitrogens with two attached hydrogens (primary N) is 1. The van der Waals surface area contributed by atoms with Crippen molar-refractivity contribution < 1.29 is 18.0 Å². The van der Waals surface area contributed by atoms with Gasteiger partial charge in [0, 0.05) is 25.3 Å². The molecule has 3 N–H and O–H groups in total. The highest BCUT2D eigenvalue weighted by Crippen LogP contribution is 2.33. The molecule has 1 aromatic rings. The molecular weight excluding hydrogens is 279 g/mol. The van der Waals surface area contributed by atoms with Crippen molar-refractivity contribution in [3.63, 3.8) is 0 Å². The summed E-state index contributed by atoms with van der Waals surface area (Å²) in [6, 6.07) is 2.72. The highest BCUT2D eigenvalue weighted by atomic mass is 32.1. The van der Waals surface area contributed by atoms with Crippen molar-refractivity contribution >= 4 is 28.9 Å². The van der Waals surface area contributed by atoms with Crippen LogP contribution in [0.3, 0.4) is 0 Å². The van der Waals surface area contributed by atoms with Gasteiger partial charge in [-0.1, -0.05) is 12.2 Å². The van der Waals surface area contributed by atoms with Crippen LogP contribution in [0, 0.1) is 0 Å². The van der Waals surface area contributed by atoms with E-state index in [9.17, 15) is 18.0 Å². The van der Waals surface area contributed by atoms with Crippen molar-refractivity contribution in [1.82, 2.24) is 4.90 Å². The zero-order chi connectivity index (χ0) is 14.8. The molecule has 1 aromatic carbocycles. The molecule has 0 aliphatic rings. The number of hydrogen-bond donors (Lipinski definition) is 2. The van der Waals surface area contributed by atoms with Gasteiger partial charge >= 0.3 is 12.2 Å². The van der Waals surface area contributed by atoms with Gasteiger partial charge in [0.15, 0.2) is 0 Å². The predicted octanol–water partition coefficient (Wildman–Crippen LogP) is 2.43. The van der Waals surface area contributed by atoms with Gasteiger partial charge in [0.2, 0.25) is 0 Å². The average Bonchev–Trinajstić information content (AvgIpc) is 2.27. The van der Waals surface area contributed by atoms with Gasteiger partial charge in [-0.25, -0.2) is 4.79 Å². The van der Waals surface area contributed by atoms with Crippen LogP contribution in [-0.4, -0.2) is 30.0 Å². The fraction of sp³-hybridized carbons (Fsp3) is 0.273. The molecular formula is C11H12F3N3OS. The molecule has 1 rings (SSSR count). The lowest BCUT2D eigenvalue weighted by Gasteiger charge is -2.16. The Hall–Kier alpha value is -1.83. The van der Waals surface area contributed by atoms with E-state index in [0.29, 0.717) is 0 Å². The molecule has 0 aliphatic carbocycles. The third kappa shape index (κ3) is 3.82. The van der Waals surface area contributed by atoms with Crippen molar-refractivity contribution in [3.05, 3.63) is 29.3 Å². The van der Waals surface area contributed by atoms with E-state index >= 15 is 0 Å². The fourth-order valence-corrected chi connectivity index (χ4v) is 1.48. The molecule has 0 spiro atoms. The Labute approximate surface area is 113 Å². The topological polar surface area (TPSA) is 58.4 Å². The number of carbonyl (C=O) groups excluding carboxylic acids is 1. The minimum atomic E-state index is -4.60. The summed E-state index contributed by atoms with van der Waals surface area (Å²) in [6.45, 7) is 0. The van der Waals surface area contributed by atoms with E-state index in [1.807, 2.05) is 0 Å². The number of anilines is 1.